The SMILES string of the molecule is C[C@H](Cc1ccc2c(c1)CCO2)NC(=O)NC(C)(C)C. The van der Waals surface area contributed by atoms with Gasteiger partial charge in [-0.3, -0.25) is 0 Å². The first kappa shape index (κ1) is 14.7. The number of hydrogen-bond donors (Lipinski definition) is 2. The van der Waals surface area contributed by atoms with Gasteiger partial charge in [-0.15, -0.1) is 0 Å². The molecule has 0 fully saturated rings. The lowest BCUT2D eigenvalue weighted by Crippen LogP contribution is -2.49. The summed E-state index contributed by atoms with van der Waals surface area (Å²) in [6.45, 7) is 8.71. The fraction of sp³-hybridized carbons (Fsp3) is 0.562. The number of benzene rings is 1. The molecule has 110 valence electrons. The van der Waals surface area contributed by atoms with Crippen molar-refractivity contribution in [1.29, 1.82) is 0 Å². The average Bonchev–Trinajstić information content (AvgIpc) is 2.72. The van der Waals surface area contributed by atoms with Gasteiger partial charge in [-0.05, 0) is 51.3 Å². The molecule has 1 aromatic carbocycles. The molecule has 1 aliphatic rings. The summed E-state index contributed by atoms with van der Waals surface area (Å²) in [7, 11) is 0. The van der Waals surface area contributed by atoms with Gasteiger partial charge in [0, 0.05) is 18.0 Å². The standard InChI is InChI=1S/C16H24N2O2/c1-11(17-15(19)18-16(2,3)4)9-12-5-6-14-13(10-12)7-8-20-14/h5-6,10-11H,7-9H2,1-4H3,(H2,17,18,19)/t11-/m1/s1. The van der Waals surface area contributed by atoms with Crippen LogP contribution in [0.1, 0.15) is 38.8 Å². The lowest BCUT2D eigenvalue weighted by Gasteiger charge is -2.23. The van der Waals surface area contributed by atoms with Gasteiger partial charge in [0.25, 0.3) is 0 Å². The number of carbonyl (C=O) groups excluding carboxylic acids is 1. The number of nitrogens with one attached hydrogen (secondary N) is 2. The number of rotatable bonds is 3. The first-order chi connectivity index (χ1) is 9.33. The first-order valence-corrected chi connectivity index (χ1v) is 7.17. The number of hydrogen-bond acceptors (Lipinski definition) is 2. The van der Waals surface area contributed by atoms with Crippen molar-refractivity contribution in [2.75, 3.05) is 6.61 Å². The molecule has 1 aromatic rings. The molecule has 0 aliphatic carbocycles. The molecule has 2 N–H and O–H groups in total. The summed E-state index contributed by atoms with van der Waals surface area (Å²) in [4.78, 5) is 11.8. The smallest absolute Gasteiger partial charge is 0.315 e. The summed E-state index contributed by atoms with van der Waals surface area (Å²) in [5.41, 5.74) is 2.29. The Morgan fingerprint density at radius 1 is 1.40 bits per heavy atom. The van der Waals surface area contributed by atoms with E-state index in [1.165, 1.54) is 11.1 Å². The van der Waals surface area contributed by atoms with Crippen molar-refractivity contribution in [3.8, 4) is 5.75 Å². The van der Waals surface area contributed by atoms with Crippen LogP contribution >= 0.6 is 0 Å². The van der Waals surface area contributed by atoms with Gasteiger partial charge in [0.2, 0.25) is 0 Å². The van der Waals surface area contributed by atoms with Gasteiger partial charge in [-0.1, -0.05) is 12.1 Å². The molecule has 4 heteroatoms. The molecule has 0 bridgehead atoms. The Balaban J connectivity index is 1.88. The average molecular weight is 276 g/mol. The van der Waals surface area contributed by atoms with Crippen LogP contribution in [0.15, 0.2) is 18.2 Å². The van der Waals surface area contributed by atoms with Crippen LogP contribution in [-0.4, -0.2) is 24.2 Å². The molecule has 0 unspecified atom stereocenters. The van der Waals surface area contributed by atoms with E-state index < -0.39 is 0 Å². The Morgan fingerprint density at radius 3 is 2.85 bits per heavy atom. The highest BCUT2D eigenvalue weighted by Crippen LogP contribution is 2.26. The fourth-order valence-electron chi connectivity index (χ4n) is 2.37. The molecular weight excluding hydrogens is 252 g/mol. The third-order valence-electron chi connectivity index (χ3n) is 3.16. The van der Waals surface area contributed by atoms with Crippen molar-refractivity contribution in [3.05, 3.63) is 29.3 Å². The van der Waals surface area contributed by atoms with Gasteiger partial charge in [-0.25, -0.2) is 4.79 Å². The topological polar surface area (TPSA) is 50.4 Å². The molecular formula is C16H24N2O2. The maximum absolute atomic E-state index is 11.8. The monoisotopic (exact) mass is 276 g/mol. The van der Waals surface area contributed by atoms with E-state index in [1.807, 2.05) is 33.8 Å². The molecule has 4 nitrogen and oxygen atoms in total. The zero-order chi connectivity index (χ0) is 14.8. The Bertz CT molecular complexity index is 492. The van der Waals surface area contributed by atoms with E-state index in [0.717, 1.165) is 25.2 Å². The maximum atomic E-state index is 11.8. The molecule has 20 heavy (non-hydrogen) atoms. The second-order valence-corrected chi connectivity index (χ2v) is 6.49. The minimum absolute atomic E-state index is 0.0951. The second kappa shape index (κ2) is 5.73. The van der Waals surface area contributed by atoms with Crippen LogP contribution in [0, 0.1) is 0 Å². The summed E-state index contributed by atoms with van der Waals surface area (Å²) >= 11 is 0. The summed E-state index contributed by atoms with van der Waals surface area (Å²) in [6, 6.07) is 6.26. The van der Waals surface area contributed by atoms with Crippen LogP contribution in [0.5, 0.6) is 5.75 Å². The number of amides is 2. The largest absolute Gasteiger partial charge is 0.493 e. The van der Waals surface area contributed by atoms with Crippen molar-refractivity contribution in [2.24, 2.45) is 0 Å². The minimum atomic E-state index is -0.214. The van der Waals surface area contributed by atoms with Crippen molar-refractivity contribution in [3.63, 3.8) is 0 Å². The molecule has 1 heterocycles. The zero-order valence-corrected chi connectivity index (χ0v) is 12.7. The molecule has 0 spiro atoms. The van der Waals surface area contributed by atoms with E-state index in [1.54, 1.807) is 0 Å². The van der Waals surface area contributed by atoms with E-state index in [-0.39, 0.29) is 17.6 Å². The van der Waals surface area contributed by atoms with Crippen LogP contribution in [0.25, 0.3) is 0 Å². The normalized spacial score (nSPS) is 15.2. The van der Waals surface area contributed by atoms with Crippen molar-refractivity contribution < 1.29 is 9.53 Å². The predicted molar refractivity (Wildman–Crippen MR) is 80.2 cm³/mol. The molecule has 2 rings (SSSR count). The third-order valence-corrected chi connectivity index (χ3v) is 3.16. The highest BCUT2D eigenvalue weighted by Gasteiger charge is 2.16. The lowest BCUT2D eigenvalue weighted by atomic mass is 10.0. The number of fused-ring (bicyclic) bond motifs is 1. The Morgan fingerprint density at radius 2 is 2.15 bits per heavy atom. The minimum Gasteiger partial charge on any atom is -0.493 e. The van der Waals surface area contributed by atoms with Gasteiger partial charge < -0.3 is 15.4 Å². The molecule has 2 amide bonds. The zero-order valence-electron chi connectivity index (χ0n) is 12.7. The Kier molecular flexibility index (Phi) is 4.21. The highest BCUT2D eigenvalue weighted by molar-refractivity contribution is 5.74. The molecule has 0 saturated carbocycles. The van der Waals surface area contributed by atoms with E-state index in [2.05, 4.69) is 22.8 Å². The quantitative estimate of drug-likeness (QED) is 0.891. The lowest BCUT2D eigenvalue weighted by molar-refractivity contribution is 0.229. The number of ether oxygens (including phenoxy) is 1. The number of carbonyl (C=O) groups is 1. The molecule has 0 aromatic heterocycles. The fourth-order valence-corrected chi connectivity index (χ4v) is 2.37. The van der Waals surface area contributed by atoms with Crippen LogP contribution < -0.4 is 15.4 Å². The Labute approximate surface area is 120 Å². The van der Waals surface area contributed by atoms with Crippen LogP contribution in [-0.2, 0) is 12.8 Å². The van der Waals surface area contributed by atoms with Gasteiger partial charge in [0.15, 0.2) is 0 Å². The second-order valence-electron chi connectivity index (χ2n) is 6.49. The molecule has 1 aliphatic heterocycles. The number of urea groups is 1. The highest BCUT2D eigenvalue weighted by atomic mass is 16.5. The first-order valence-electron chi connectivity index (χ1n) is 7.17. The van der Waals surface area contributed by atoms with Gasteiger partial charge in [0.05, 0.1) is 6.61 Å². The van der Waals surface area contributed by atoms with E-state index in [0.29, 0.717) is 0 Å². The van der Waals surface area contributed by atoms with Crippen molar-refractivity contribution >= 4 is 6.03 Å². The van der Waals surface area contributed by atoms with E-state index in [4.69, 9.17) is 4.74 Å². The summed E-state index contributed by atoms with van der Waals surface area (Å²) in [6.07, 6.45) is 1.81. The van der Waals surface area contributed by atoms with Crippen LogP contribution in [0.4, 0.5) is 4.79 Å². The van der Waals surface area contributed by atoms with Crippen molar-refractivity contribution in [1.82, 2.24) is 10.6 Å². The summed E-state index contributed by atoms with van der Waals surface area (Å²) in [5.74, 6) is 1.000. The van der Waals surface area contributed by atoms with Gasteiger partial charge >= 0.3 is 6.03 Å². The third kappa shape index (κ3) is 4.15. The molecule has 0 saturated heterocycles. The summed E-state index contributed by atoms with van der Waals surface area (Å²) < 4.78 is 5.50. The summed E-state index contributed by atoms with van der Waals surface area (Å²) in [5, 5.41) is 5.88. The van der Waals surface area contributed by atoms with E-state index in [9.17, 15) is 4.79 Å². The van der Waals surface area contributed by atoms with Crippen molar-refractivity contribution in [2.45, 2.75) is 52.1 Å². The molecule has 1 atom stereocenters. The van der Waals surface area contributed by atoms with E-state index >= 15 is 0 Å². The van der Waals surface area contributed by atoms with Crippen LogP contribution in [0.3, 0.4) is 0 Å². The predicted octanol–water partition coefficient (Wildman–Crippen LogP) is 2.65. The van der Waals surface area contributed by atoms with Gasteiger partial charge in [-0.2, -0.15) is 0 Å². The molecule has 0 radical (unpaired) electrons. The maximum Gasteiger partial charge on any atom is 0.315 e. The van der Waals surface area contributed by atoms with Crippen LogP contribution in [0.2, 0.25) is 0 Å². The Hall–Kier alpha value is -1.71. The van der Waals surface area contributed by atoms with Gasteiger partial charge in [0.1, 0.15) is 5.75 Å².